The number of aromatic nitrogens is 2. The number of nitrogens with zero attached hydrogens (tertiary/aromatic N) is 2. The van der Waals surface area contributed by atoms with E-state index in [1.807, 2.05) is 24.3 Å². The fourth-order valence-corrected chi connectivity index (χ4v) is 1.77. The highest BCUT2D eigenvalue weighted by molar-refractivity contribution is 7.09. The molecule has 0 aliphatic carbocycles. The van der Waals surface area contributed by atoms with Gasteiger partial charge in [-0.15, -0.1) is 4.37 Å². The van der Waals surface area contributed by atoms with E-state index in [9.17, 15) is 0 Å². The van der Waals surface area contributed by atoms with Crippen LogP contribution in [0.2, 0.25) is 5.02 Å². The second-order valence-corrected chi connectivity index (χ2v) is 3.78. The lowest BCUT2D eigenvalue weighted by atomic mass is 10.2. The Morgan fingerprint density at radius 3 is 2.57 bits per heavy atom. The average Bonchev–Trinajstić information content (AvgIpc) is 2.67. The predicted octanol–water partition coefficient (Wildman–Crippen LogP) is 2.87. The first-order valence-corrected chi connectivity index (χ1v) is 5.08. The van der Waals surface area contributed by atoms with E-state index < -0.39 is 0 Å². The first-order chi connectivity index (χ1) is 6.79. The lowest BCUT2D eigenvalue weighted by molar-refractivity contribution is 0.386. The fraction of sp³-hybridized carbons (Fsp3) is 0.111. The number of halogens is 1. The van der Waals surface area contributed by atoms with Crippen LogP contribution in [0.3, 0.4) is 0 Å². The molecule has 3 nitrogen and oxygen atoms in total. The minimum Gasteiger partial charge on any atom is -0.466 e. The van der Waals surface area contributed by atoms with Crippen LogP contribution in [0.1, 0.15) is 0 Å². The molecular formula is C9H7ClN2OS. The normalized spacial score (nSPS) is 10.1. The van der Waals surface area contributed by atoms with Crippen molar-refractivity contribution in [2.75, 3.05) is 7.11 Å². The molecule has 0 radical (unpaired) electrons. The molecule has 0 aliphatic rings. The molecule has 1 aromatic carbocycles. The Hall–Kier alpha value is -1.13. The molecule has 1 aromatic heterocycles. The Kier molecular flexibility index (Phi) is 2.65. The van der Waals surface area contributed by atoms with Crippen LogP contribution in [-0.2, 0) is 0 Å². The van der Waals surface area contributed by atoms with E-state index in [2.05, 4.69) is 9.36 Å². The van der Waals surface area contributed by atoms with Crippen molar-refractivity contribution in [3.8, 4) is 16.6 Å². The van der Waals surface area contributed by atoms with Crippen molar-refractivity contribution >= 4 is 23.1 Å². The van der Waals surface area contributed by atoms with Gasteiger partial charge in [0.05, 0.1) is 7.11 Å². The van der Waals surface area contributed by atoms with Gasteiger partial charge < -0.3 is 4.74 Å². The summed E-state index contributed by atoms with van der Waals surface area (Å²) in [5.41, 5.74) is 0.996. The van der Waals surface area contributed by atoms with Crippen molar-refractivity contribution in [2.45, 2.75) is 0 Å². The van der Waals surface area contributed by atoms with E-state index in [0.29, 0.717) is 11.0 Å². The van der Waals surface area contributed by atoms with Crippen LogP contribution in [0, 0.1) is 0 Å². The number of ether oxygens (including phenoxy) is 1. The third-order valence-corrected chi connectivity index (χ3v) is 2.68. The van der Waals surface area contributed by atoms with Crippen molar-refractivity contribution in [3.63, 3.8) is 0 Å². The maximum atomic E-state index is 5.77. The summed E-state index contributed by atoms with van der Waals surface area (Å²) in [6, 6.07) is 7.86. The molecule has 14 heavy (non-hydrogen) atoms. The largest absolute Gasteiger partial charge is 0.466 e. The summed E-state index contributed by atoms with van der Waals surface area (Å²) in [6.07, 6.45) is 0. The Bertz CT molecular complexity index is 427. The first kappa shape index (κ1) is 9.43. The molecule has 5 heteroatoms. The number of hydrogen-bond acceptors (Lipinski definition) is 4. The molecule has 0 N–H and O–H groups in total. The summed E-state index contributed by atoms with van der Waals surface area (Å²) in [4.78, 5) is 4.17. The zero-order valence-electron chi connectivity index (χ0n) is 7.40. The molecule has 2 aromatic rings. The topological polar surface area (TPSA) is 35.0 Å². The average molecular weight is 227 g/mol. The summed E-state index contributed by atoms with van der Waals surface area (Å²) >= 11 is 7.08. The standard InChI is InChI=1S/C9H7ClN2OS/c1-13-9-11-8(14-12-9)6-2-4-7(10)5-3-6/h2-5H,1H3. The number of hydrogen-bond donors (Lipinski definition) is 0. The van der Waals surface area contributed by atoms with Crippen molar-refractivity contribution in [3.05, 3.63) is 29.3 Å². The van der Waals surface area contributed by atoms with Crippen molar-refractivity contribution < 1.29 is 4.74 Å². The Morgan fingerprint density at radius 2 is 2.00 bits per heavy atom. The van der Waals surface area contributed by atoms with Gasteiger partial charge in [0.1, 0.15) is 5.01 Å². The molecule has 0 amide bonds. The first-order valence-electron chi connectivity index (χ1n) is 3.93. The molecule has 0 aliphatic heterocycles. The van der Waals surface area contributed by atoms with Crippen LogP contribution < -0.4 is 4.74 Å². The summed E-state index contributed by atoms with van der Waals surface area (Å²) in [6.45, 7) is 0. The highest BCUT2D eigenvalue weighted by atomic mass is 35.5. The van der Waals surface area contributed by atoms with Gasteiger partial charge in [0.2, 0.25) is 0 Å². The van der Waals surface area contributed by atoms with Gasteiger partial charge >= 0.3 is 6.01 Å². The molecular weight excluding hydrogens is 220 g/mol. The van der Waals surface area contributed by atoms with Gasteiger partial charge in [0.15, 0.2) is 0 Å². The molecule has 0 atom stereocenters. The van der Waals surface area contributed by atoms with Crippen LogP contribution in [0.5, 0.6) is 6.01 Å². The SMILES string of the molecule is COc1nsc(-c2ccc(Cl)cc2)n1. The van der Waals surface area contributed by atoms with Gasteiger partial charge in [0.25, 0.3) is 0 Å². The molecule has 0 fully saturated rings. The van der Waals surface area contributed by atoms with E-state index in [4.69, 9.17) is 16.3 Å². The van der Waals surface area contributed by atoms with Crippen molar-refractivity contribution in [1.82, 2.24) is 9.36 Å². The second-order valence-electron chi connectivity index (χ2n) is 2.59. The number of methoxy groups -OCH3 is 1. The van der Waals surface area contributed by atoms with E-state index in [1.54, 1.807) is 7.11 Å². The van der Waals surface area contributed by atoms with E-state index in [1.165, 1.54) is 11.5 Å². The molecule has 0 spiro atoms. The second kappa shape index (κ2) is 3.94. The van der Waals surface area contributed by atoms with Gasteiger partial charge in [0, 0.05) is 10.6 Å². The van der Waals surface area contributed by atoms with Crippen molar-refractivity contribution in [2.24, 2.45) is 0 Å². The van der Waals surface area contributed by atoms with E-state index in [-0.39, 0.29) is 0 Å². The quantitative estimate of drug-likeness (QED) is 0.790. The highest BCUT2D eigenvalue weighted by Crippen LogP contribution is 2.24. The summed E-state index contributed by atoms with van der Waals surface area (Å²) in [5.74, 6) is 0. The maximum absolute atomic E-state index is 5.77. The van der Waals surface area contributed by atoms with Crippen LogP contribution in [0.15, 0.2) is 24.3 Å². The molecule has 0 unspecified atom stereocenters. The maximum Gasteiger partial charge on any atom is 0.328 e. The van der Waals surface area contributed by atoms with E-state index in [0.717, 1.165) is 10.6 Å². The molecule has 2 rings (SSSR count). The summed E-state index contributed by atoms with van der Waals surface area (Å²) in [5, 5.41) is 1.55. The monoisotopic (exact) mass is 226 g/mol. The number of benzene rings is 1. The smallest absolute Gasteiger partial charge is 0.328 e. The fourth-order valence-electron chi connectivity index (χ4n) is 1.00. The molecule has 72 valence electrons. The third-order valence-electron chi connectivity index (χ3n) is 1.68. The molecule has 0 saturated carbocycles. The lowest BCUT2D eigenvalue weighted by Crippen LogP contribution is -1.83. The van der Waals surface area contributed by atoms with E-state index >= 15 is 0 Å². The van der Waals surface area contributed by atoms with Crippen LogP contribution in [0.4, 0.5) is 0 Å². The highest BCUT2D eigenvalue weighted by Gasteiger charge is 2.05. The minimum atomic E-state index is 0.403. The van der Waals surface area contributed by atoms with Crippen LogP contribution >= 0.6 is 23.1 Å². The van der Waals surface area contributed by atoms with Crippen LogP contribution in [-0.4, -0.2) is 16.5 Å². The Morgan fingerprint density at radius 1 is 1.29 bits per heavy atom. The van der Waals surface area contributed by atoms with Gasteiger partial charge in [-0.25, -0.2) is 0 Å². The molecule has 0 bridgehead atoms. The third kappa shape index (κ3) is 1.86. The summed E-state index contributed by atoms with van der Waals surface area (Å²) in [7, 11) is 1.55. The summed E-state index contributed by atoms with van der Waals surface area (Å²) < 4.78 is 8.91. The van der Waals surface area contributed by atoms with Gasteiger partial charge in [-0.05, 0) is 23.7 Å². The molecule has 0 saturated heterocycles. The molecule has 1 heterocycles. The minimum absolute atomic E-state index is 0.403. The number of rotatable bonds is 2. The van der Waals surface area contributed by atoms with Gasteiger partial charge in [-0.1, -0.05) is 23.7 Å². The Labute approximate surface area is 90.5 Å². The Balaban J connectivity index is 2.34. The predicted molar refractivity (Wildman–Crippen MR) is 56.9 cm³/mol. The van der Waals surface area contributed by atoms with Crippen molar-refractivity contribution in [1.29, 1.82) is 0 Å². The zero-order chi connectivity index (χ0) is 9.97. The lowest BCUT2D eigenvalue weighted by Gasteiger charge is -1.94. The van der Waals surface area contributed by atoms with Gasteiger partial charge in [-0.3, -0.25) is 0 Å². The zero-order valence-corrected chi connectivity index (χ0v) is 8.97. The van der Waals surface area contributed by atoms with Gasteiger partial charge in [-0.2, -0.15) is 4.98 Å². The van der Waals surface area contributed by atoms with Crippen LogP contribution in [0.25, 0.3) is 10.6 Å².